The number of hydrogen-bond donors (Lipinski definition) is 2. The number of rotatable bonds is 5. The first-order valence-electron chi connectivity index (χ1n) is 3.69. The predicted octanol–water partition coefficient (Wildman–Crippen LogP) is 1.99. The van der Waals surface area contributed by atoms with Crippen LogP contribution in [-0.2, 0) is 4.57 Å². The van der Waals surface area contributed by atoms with Crippen molar-refractivity contribution in [2.75, 3.05) is 6.16 Å². The molecular formula is C6H13F2O3P. The molecule has 0 radical (unpaired) electrons. The average Bonchev–Trinajstić information content (AvgIpc) is 1.83. The second-order valence-electron chi connectivity index (χ2n) is 2.74. The fourth-order valence-corrected chi connectivity index (χ4v) is 1.42. The third kappa shape index (κ3) is 6.70. The van der Waals surface area contributed by atoms with E-state index in [-0.39, 0.29) is 6.42 Å². The van der Waals surface area contributed by atoms with Gasteiger partial charge in [-0.3, -0.25) is 4.57 Å². The molecule has 0 aromatic heterocycles. The minimum atomic E-state index is -4.27. The number of hydrogen-bond acceptors (Lipinski definition) is 1. The second kappa shape index (κ2) is 4.30. The Balaban J connectivity index is 3.83. The van der Waals surface area contributed by atoms with Gasteiger partial charge in [0.25, 0.3) is 0 Å². The van der Waals surface area contributed by atoms with Crippen molar-refractivity contribution in [3.05, 3.63) is 0 Å². The number of alkyl halides is 2. The van der Waals surface area contributed by atoms with E-state index in [0.29, 0.717) is 6.42 Å². The summed E-state index contributed by atoms with van der Waals surface area (Å²) in [5.41, 5.74) is 0. The molecule has 74 valence electrons. The molecule has 0 saturated heterocycles. The van der Waals surface area contributed by atoms with E-state index in [4.69, 9.17) is 9.79 Å². The van der Waals surface area contributed by atoms with Gasteiger partial charge in [0.1, 0.15) is 0 Å². The highest BCUT2D eigenvalue weighted by Crippen LogP contribution is 2.39. The molecule has 0 aromatic carbocycles. The molecule has 0 unspecified atom stereocenters. The zero-order chi connectivity index (χ0) is 9.83. The lowest BCUT2D eigenvalue weighted by Crippen LogP contribution is -2.17. The molecule has 0 saturated carbocycles. The third-order valence-electron chi connectivity index (χ3n) is 1.38. The first-order valence-corrected chi connectivity index (χ1v) is 5.49. The highest BCUT2D eigenvalue weighted by atomic mass is 31.2. The largest absolute Gasteiger partial charge is 0.325 e. The van der Waals surface area contributed by atoms with Crippen molar-refractivity contribution in [2.24, 2.45) is 0 Å². The first-order chi connectivity index (χ1) is 5.27. The molecule has 0 fully saturated rings. The summed E-state index contributed by atoms with van der Waals surface area (Å²) in [7, 11) is -4.27. The summed E-state index contributed by atoms with van der Waals surface area (Å²) in [5.74, 6) is -2.93. The lowest BCUT2D eigenvalue weighted by atomic mass is 10.1. The molecule has 12 heavy (non-hydrogen) atoms. The standard InChI is InChI=1S/C6H13F2O3P/c1-2-3-6(7,8)4-5-12(9,10)11/h2-5H2,1H3,(H2,9,10,11). The molecule has 0 atom stereocenters. The maximum absolute atomic E-state index is 12.6. The Bertz CT molecular complexity index is 178. The summed E-state index contributed by atoms with van der Waals surface area (Å²) in [5, 5.41) is 0. The smallest absolute Gasteiger partial charge is 0.324 e. The summed E-state index contributed by atoms with van der Waals surface area (Å²) in [6.07, 6.45) is -1.47. The summed E-state index contributed by atoms with van der Waals surface area (Å²) in [6.45, 7) is 1.60. The van der Waals surface area contributed by atoms with Crippen LogP contribution in [0, 0.1) is 0 Å². The summed E-state index contributed by atoms with van der Waals surface area (Å²) >= 11 is 0. The SMILES string of the molecule is CCCC(F)(F)CCP(=O)(O)O. The van der Waals surface area contributed by atoms with Gasteiger partial charge < -0.3 is 9.79 Å². The average molecular weight is 202 g/mol. The molecule has 0 aromatic rings. The van der Waals surface area contributed by atoms with Crippen molar-refractivity contribution in [1.82, 2.24) is 0 Å². The molecule has 0 rings (SSSR count). The molecule has 0 amide bonds. The highest BCUT2D eigenvalue weighted by molar-refractivity contribution is 7.51. The van der Waals surface area contributed by atoms with Gasteiger partial charge in [0, 0.05) is 12.8 Å². The molecule has 0 bridgehead atoms. The Morgan fingerprint density at radius 2 is 1.83 bits per heavy atom. The Hall–Kier alpha value is 0.01000. The zero-order valence-electron chi connectivity index (χ0n) is 6.83. The first kappa shape index (κ1) is 12.0. The molecule has 0 heterocycles. The Labute approximate surface area is 69.9 Å². The van der Waals surface area contributed by atoms with Crippen LogP contribution < -0.4 is 0 Å². The molecule has 0 aliphatic rings. The van der Waals surface area contributed by atoms with Gasteiger partial charge in [-0.1, -0.05) is 13.3 Å². The van der Waals surface area contributed by atoms with Gasteiger partial charge in [0.15, 0.2) is 0 Å². The van der Waals surface area contributed by atoms with Crippen molar-refractivity contribution in [3.63, 3.8) is 0 Å². The van der Waals surface area contributed by atoms with Crippen LogP contribution in [-0.4, -0.2) is 21.9 Å². The summed E-state index contributed by atoms with van der Waals surface area (Å²) in [6, 6.07) is 0. The van der Waals surface area contributed by atoms with Gasteiger partial charge in [0.2, 0.25) is 5.92 Å². The van der Waals surface area contributed by atoms with Crippen LogP contribution in [0.2, 0.25) is 0 Å². The van der Waals surface area contributed by atoms with Crippen molar-refractivity contribution in [3.8, 4) is 0 Å². The monoisotopic (exact) mass is 202 g/mol. The number of halogens is 2. The minimum absolute atomic E-state index is 0.312. The summed E-state index contributed by atoms with van der Waals surface area (Å²) < 4.78 is 35.5. The van der Waals surface area contributed by atoms with Gasteiger partial charge in [-0.15, -0.1) is 0 Å². The van der Waals surface area contributed by atoms with Crippen LogP contribution >= 0.6 is 7.60 Å². The van der Waals surface area contributed by atoms with Crippen LogP contribution in [0.15, 0.2) is 0 Å². The summed E-state index contributed by atoms with van der Waals surface area (Å²) in [4.78, 5) is 16.7. The second-order valence-corrected chi connectivity index (χ2v) is 4.52. The van der Waals surface area contributed by atoms with E-state index >= 15 is 0 Å². The van der Waals surface area contributed by atoms with Crippen LogP contribution in [0.3, 0.4) is 0 Å². The van der Waals surface area contributed by atoms with Gasteiger partial charge in [-0.2, -0.15) is 0 Å². The Morgan fingerprint density at radius 3 is 2.17 bits per heavy atom. The maximum Gasteiger partial charge on any atom is 0.325 e. The van der Waals surface area contributed by atoms with E-state index in [2.05, 4.69) is 0 Å². The normalized spacial score (nSPS) is 13.4. The van der Waals surface area contributed by atoms with E-state index in [1.807, 2.05) is 0 Å². The van der Waals surface area contributed by atoms with E-state index < -0.39 is 26.1 Å². The van der Waals surface area contributed by atoms with E-state index in [9.17, 15) is 13.3 Å². The quantitative estimate of drug-likeness (QED) is 0.670. The van der Waals surface area contributed by atoms with Crippen molar-refractivity contribution in [2.45, 2.75) is 32.1 Å². The molecule has 0 aliphatic carbocycles. The minimum Gasteiger partial charge on any atom is -0.324 e. The van der Waals surface area contributed by atoms with E-state index in [0.717, 1.165) is 0 Å². The van der Waals surface area contributed by atoms with Gasteiger partial charge >= 0.3 is 7.60 Å². The van der Waals surface area contributed by atoms with Crippen molar-refractivity contribution < 1.29 is 23.1 Å². The maximum atomic E-state index is 12.6. The van der Waals surface area contributed by atoms with Crippen LogP contribution in [0.25, 0.3) is 0 Å². The zero-order valence-corrected chi connectivity index (χ0v) is 7.73. The van der Waals surface area contributed by atoms with Crippen LogP contribution in [0.1, 0.15) is 26.2 Å². The highest BCUT2D eigenvalue weighted by Gasteiger charge is 2.30. The van der Waals surface area contributed by atoms with Crippen LogP contribution in [0.4, 0.5) is 8.78 Å². The lowest BCUT2D eigenvalue weighted by Gasteiger charge is -2.15. The van der Waals surface area contributed by atoms with Crippen molar-refractivity contribution >= 4 is 7.60 Å². The van der Waals surface area contributed by atoms with Crippen molar-refractivity contribution in [1.29, 1.82) is 0 Å². The molecule has 2 N–H and O–H groups in total. The van der Waals surface area contributed by atoms with Gasteiger partial charge in [0.05, 0.1) is 6.16 Å². The molecule has 0 spiro atoms. The van der Waals surface area contributed by atoms with E-state index in [1.165, 1.54) is 0 Å². The molecule has 6 heteroatoms. The topological polar surface area (TPSA) is 57.5 Å². The molecular weight excluding hydrogens is 189 g/mol. The van der Waals surface area contributed by atoms with Gasteiger partial charge in [-0.05, 0) is 0 Å². The molecule has 0 aliphatic heterocycles. The van der Waals surface area contributed by atoms with E-state index in [1.54, 1.807) is 6.92 Å². The Kier molecular flexibility index (Phi) is 4.31. The lowest BCUT2D eigenvalue weighted by molar-refractivity contribution is -0.0121. The van der Waals surface area contributed by atoms with Gasteiger partial charge in [-0.25, -0.2) is 8.78 Å². The predicted molar refractivity (Wildman–Crippen MR) is 41.4 cm³/mol. The molecule has 3 nitrogen and oxygen atoms in total. The fourth-order valence-electron chi connectivity index (χ4n) is 0.800. The van der Waals surface area contributed by atoms with Crippen LogP contribution in [0.5, 0.6) is 0 Å². The third-order valence-corrected chi connectivity index (χ3v) is 2.19. The Morgan fingerprint density at radius 1 is 1.33 bits per heavy atom. The fraction of sp³-hybridized carbons (Fsp3) is 1.00.